The molecule has 0 bridgehead atoms. The molecule has 0 aliphatic carbocycles. The van der Waals surface area contributed by atoms with E-state index < -0.39 is 0 Å². The molecule has 0 aliphatic rings. The zero-order valence-electron chi connectivity index (χ0n) is 12.9. The Kier molecular flexibility index (Phi) is 4.96. The van der Waals surface area contributed by atoms with Crippen LogP contribution in [0.25, 0.3) is 0 Å². The van der Waals surface area contributed by atoms with Crippen molar-refractivity contribution in [3.05, 3.63) is 47.5 Å². The lowest BCUT2D eigenvalue weighted by molar-refractivity contribution is 0.578. The number of anilines is 1. The van der Waals surface area contributed by atoms with Crippen molar-refractivity contribution >= 4 is 5.69 Å². The molecule has 0 saturated heterocycles. The summed E-state index contributed by atoms with van der Waals surface area (Å²) >= 11 is 0. The molecule has 1 aromatic heterocycles. The summed E-state index contributed by atoms with van der Waals surface area (Å²) < 4.78 is 15.9. The van der Waals surface area contributed by atoms with Gasteiger partial charge < -0.3 is 10.6 Å². The number of nitrogens with two attached hydrogens (primary N) is 1. The number of aromatic nitrogens is 2. The fourth-order valence-corrected chi connectivity index (χ4v) is 2.43. The number of aryl methyl sites for hydroxylation is 1. The van der Waals surface area contributed by atoms with Gasteiger partial charge in [-0.3, -0.25) is 4.68 Å². The van der Waals surface area contributed by atoms with E-state index >= 15 is 0 Å². The molecule has 4 nitrogen and oxygen atoms in total. The van der Waals surface area contributed by atoms with E-state index in [1.807, 2.05) is 44.4 Å². The van der Waals surface area contributed by atoms with Crippen molar-refractivity contribution in [1.29, 1.82) is 0 Å². The lowest BCUT2D eigenvalue weighted by atomic mass is 10.0. The van der Waals surface area contributed by atoms with Crippen LogP contribution in [0.15, 0.2) is 30.6 Å². The van der Waals surface area contributed by atoms with Gasteiger partial charge in [-0.05, 0) is 25.0 Å². The van der Waals surface area contributed by atoms with Crippen LogP contribution in [-0.2, 0) is 20.0 Å². The van der Waals surface area contributed by atoms with Crippen molar-refractivity contribution in [1.82, 2.24) is 9.78 Å². The van der Waals surface area contributed by atoms with Crippen LogP contribution < -0.4 is 10.6 Å². The topological polar surface area (TPSA) is 47.1 Å². The van der Waals surface area contributed by atoms with E-state index in [1.165, 1.54) is 6.07 Å². The third kappa shape index (κ3) is 3.82. The van der Waals surface area contributed by atoms with Crippen molar-refractivity contribution in [3.8, 4) is 0 Å². The summed E-state index contributed by atoms with van der Waals surface area (Å²) in [5.74, 6) is -0.186. The number of benzene rings is 1. The fraction of sp³-hybridized carbons (Fsp3) is 0.438. The molecular formula is C16H23FN4. The molecule has 2 rings (SSSR count). The smallest absolute Gasteiger partial charge is 0.128 e. The zero-order valence-corrected chi connectivity index (χ0v) is 12.9. The minimum Gasteiger partial charge on any atom is -0.370 e. The molecule has 0 radical (unpaired) electrons. The minimum atomic E-state index is -0.186. The van der Waals surface area contributed by atoms with E-state index in [0.29, 0.717) is 18.5 Å². The van der Waals surface area contributed by atoms with Crippen molar-refractivity contribution in [3.63, 3.8) is 0 Å². The molecule has 114 valence electrons. The Morgan fingerprint density at radius 1 is 1.43 bits per heavy atom. The molecule has 0 fully saturated rings. The molecule has 1 heterocycles. The molecule has 5 heteroatoms. The van der Waals surface area contributed by atoms with Gasteiger partial charge in [-0.15, -0.1) is 0 Å². The molecule has 0 aliphatic heterocycles. The van der Waals surface area contributed by atoms with Gasteiger partial charge in [0, 0.05) is 49.7 Å². The van der Waals surface area contributed by atoms with E-state index in [4.69, 9.17) is 5.73 Å². The van der Waals surface area contributed by atoms with E-state index in [-0.39, 0.29) is 11.9 Å². The Morgan fingerprint density at radius 3 is 2.81 bits per heavy atom. The quantitative estimate of drug-likeness (QED) is 0.889. The maximum absolute atomic E-state index is 14.2. The molecule has 2 aromatic rings. The second kappa shape index (κ2) is 6.72. The summed E-state index contributed by atoms with van der Waals surface area (Å²) in [6.07, 6.45) is 5.18. The molecule has 0 saturated carbocycles. The summed E-state index contributed by atoms with van der Waals surface area (Å²) in [5, 5.41) is 4.16. The molecule has 1 aromatic carbocycles. The molecule has 1 atom stereocenters. The van der Waals surface area contributed by atoms with Gasteiger partial charge in [0.2, 0.25) is 0 Å². The van der Waals surface area contributed by atoms with E-state index in [9.17, 15) is 4.39 Å². The first-order chi connectivity index (χ1) is 10.0. The highest BCUT2D eigenvalue weighted by Crippen LogP contribution is 2.25. The molecule has 21 heavy (non-hydrogen) atoms. The summed E-state index contributed by atoms with van der Waals surface area (Å²) in [7, 11) is 3.85. The predicted molar refractivity (Wildman–Crippen MR) is 83.7 cm³/mol. The first-order valence-corrected chi connectivity index (χ1v) is 7.23. The Labute approximate surface area is 125 Å². The predicted octanol–water partition coefficient (Wildman–Crippen LogP) is 2.48. The van der Waals surface area contributed by atoms with Crippen LogP contribution in [0, 0.1) is 5.82 Å². The van der Waals surface area contributed by atoms with Gasteiger partial charge >= 0.3 is 0 Å². The average molecular weight is 290 g/mol. The van der Waals surface area contributed by atoms with Crippen molar-refractivity contribution in [2.45, 2.75) is 32.4 Å². The molecule has 0 amide bonds. The van der Waals surface area contributed by atoms with Crippen LogP contribution >= 0.6 is 0 Å². The first-order valence-electron chi connectivity index (χ1n) is 7.23. The SMILES string of the molecule is CCC(N)Cc1c(F)cccc1N(C)Cc1cnn(C)c1. The van der Waals surface area contributed by atoms with Crippen LogP contribution in [0.3, 0.4) is 0 Å². The first kappa shape index (κ1) is 15.5. The van der Waals surface area contributed by atoms with E-state index in [2.05, 4.69) is 5.10 Å². The minimum absolute atomic E-state index is 0.0209. The number of rotatable bonds is 6. The van der Waals surface area contributed by atoms with Crippen LogP contribution in [0.5, 0.6) is 0 Å². The largest absolute Gasteiger partial charge is 0.370 e. The number of nitrogens with zero attached hydrogens (tertiary/aromatic N) is 3. The highest BCUT2D eigenvalue weighted by Gasteiger charge is 2.15. The average Bonchev–Trinajstić information content (AvgIpc) is 2.86. The Balaban J connectivity index is 2.23. The third-order valence-corrected chi connectivity index (χ3v) is 3.67. The second-order valence-corrected chi connectivity index (χ2v) is 5.49. The van der Waals surface area contributed by atoms with Crippen LogP contribution in [0.4, 0.5) is 10.1 Å². The monoisotopic (exact) mass is 290 g/mol. The number of hydrogen-bond acceptors (Lipinski definition) is 3. The maximum atomic E-state index is 14.2. The highest BCUT2D eigenvalue weighted by atomic mass is 19.1. The van der Waals surface area contributed by atoms with Gasteiger partial charge in [0.25, 0.3) is 0 Å². The molecule has 0 spiro atoms. The number of halogens is 1. The van der Waals surface area contributed by atoms with Gasteiger partial charge in [-0.2, -0.15) is 5.10 Å². The Bertz CT molecular complexity index is 594. The molecular weight excluding hydrogens is 267 g/mol. The van der Waals surface area contributed by atoms with Gasteiger partial charge in [0.05, 0.1) is 6.20 Å². The fourth-order valence-electron chi connectivity index (χ4n) is 2.43. The standard InChI is InChI=1S/C16H23FN4/c1-4-13(18)8-14-15(17)6-5-7-16(14)20(2)10-12-9-19-21(3)11-12/h5-7,9,11,13H,4,8,10,18H2,1-3H3. The van der Waals surface area contributed by atoms with Crippen LogP contribution in [-0.4, -0.2) is 22.9 Å². The van der Waals surface area contributed by atoms with Crippen molar-refractivity contribution < 1.29 is 4.39 Å². The summed E-state index contributed by atoms with van der Waals surface area (Å²) in [4.78, 5) is 2.04. The Hall–Kier alpha value is -1.88. The molecule has 1 unspecified atom stereocenters. The molecule has 2 N–H and O–H groups in total. The number of hydrogen-bond donors (Lipinski definition) is 1. The third-order valence-electron chi connectivity index (χ3n) is 3.67. The van der Waals surface area contributed by atoms with E-state index in [1.54, 1.807) is 10.7 Å². The lowest BCUT2D eigenvalue weighted by Crippen LogP contribution is -2.25. The van der Waals surface area contributed by atoms with Gasteiger partial charge in [-0.1, -0.05) is 13.0 Å². The van der Waals surface area contributed by atoms with E-state index in [0.717, 1.165) is 17.7 Å². The second-order valence-electron chi connectivity index (χ2n) is 5.49. The van der Waals surface area contributed by atoms with Crippen molar-refractivity contribution in [2.24, 2.45) is 12.8 Å². The van der Waals surface area contributed by atoms with Gasteiger partial charge in [0.1, 0.15) is 5.82 Å². The zero-order chi connectivity index (χ0) is 15.4. The summed E-state index contributed by atoms with van der Waals surface area (Å²) in [6, 6.07) is 5.16. The summed E-state index contributed by atoms with van der Waals surface area (Å²) in [5.41, 5.74) is 8.68. The summed E-state index contributed by atoms with van der Waals surface area (Å²) in [6.45, 7) is 2.70. The highest BCUT2D eigenvalue weighted by molar-refractivity contribution is 5.54. The Morgan fingerprint density at radius 2 is 2.19 bits per heavy atom. The van der Waals surface area contributed by atoms with Crippen molar-refractivity contribution in [2.75, 3.05) is 11.9 Å². The van der Waals surface area contributed by atoms with Gasteiger partial charge in [0.15, 0.2) is 0 Å². The maximum Gasteiger partial charge on any atom is 0.128 e. The van der Waals surface area contributed by atoms with Crippen LogP contribution in [0.1, 0.15) is 24.5 Å². The normalized spacial score (nSPS) is 12.4. The lowest BCUT2D eigenvalue weighted by Gasteiger charge is -2.23. The van der Waals surface area contributed by atoms with Gasteiger partial charge in [-0.25, -0.2) is 4.39 Å². The van der Waals surface area contributed by atoms with Crippen LogP contribution in [0.2, 0.25) is 0 Å².